The first kappa shape index (κ1) is 12.3. The molecule has 0 saturated heterocycles. The van der Waals surface area contributed by atoms with Crippen LogP contribution in [0.15, 0.2) is 24.3 Å². The second-order valence-corrected chi connectivity index (χ2v) is 5.31. The second kappa shape index (κ2) is 5.08. The van der Waals surface area contributed by atoms with Gasteiger partial charge in [-0.25, -0.2) is 4.68 Å². The summed E-state index contributed by atoms with van der Waals surface area (Å²) in [6, 6.07) is 8.55. The number of nitrogen functional groups attached to an aromatic ring is 1. The van der Waals surface area contributed by atoms with E-state index in [0.717, 1.165) is 31.5 Å². The van der Waals surface area contributed by atoms with Crippen molar-refractivity contribution in [3.8, 4) is 5.69 Å². The molecule has 0 saturated carbocycles. The molecule has 3 nitrogen and oxygen atoms in total. The highest BCUT2D eigenvalue weighted by atomic mass is 15.3. The highest BCUT2D eigenvalue weighted by Gasteiger charge is 2.20. The van der Waals surface area contributed by atoms with Crippen LogP contribution in [0.25, 0.3) is 5.69 Å². The van der Waals surface area contributed by atoms with Crippen LogP contribution in [-0.4, -0.2) is 9.78 Å². The van der Waals surface area contributed by atoms with Gasteiger partial charge in [0.2, 0.25) is 0 Å². The average molecular weight is 255 g/mol. The van der Waals surface area contributed by atoms with Crippen molar-refractivity contribution in [2.24, 2.45) is 0 Å². The van der Waals surface area contributed by atoms with Gasteiger partial charge in [0, 0.05) is 11.3 Å². The van der Waals surface area contributed by atoms with E-state index in [1.54, 1.807) is 0 Å². The van der Waals surface area contributed by atoms with Crippen molar-refractivity contribution >= 4 is 5.82 Å². The van der Waals surface area contributed by atoms with E-state index in [0.29, 0.717) is 0 Å². The Hall–Kier alpha value is -1.77. The summed E-state index contributed by atoms with van der Waals surface area (Å²) < 4.78 is 2.09. The average Bonchev–Trinajstić information content (AvgIpc) is 2.78. The van der Waals surface area contributed by atoms with Crippen LogP contribution < -0.4 is 5.73 Å². The van der Waals surface area contributed by atoms with Gasteiger partial charge in [-0.05, 0) is 43.7 Å². The van der Waals surface area contributed by atoms with Gasteiger partial charge in [0.05, 0.1) is 5.69 Å². The van der Waals surface area contributed by atoms with E-state index in [4.69, 9.17) is 5.73 Å². The molecule has 19 heavy (non-hydrogen) atoms. The molecule has 0 atom stereocenters. The summed E-state index contributed by atoms with van der Waals surface area (Å²) in [4.78, 5) is 0. The Morgan fingerprint density at radius 1 is 1.21 bits per heavy atom. The van der Waals surface area contributed by atoms with E-state index in [1.807, 2.05) is 0 Å². The van der Waals surface area contributed by atoms with Gasteiger partial charge < -0.3 is 5.73 Å². The highest BCUT2D eigenvalue weighted by Crippen LogP contribution is 2.29. The standard InChI is InChI=1S/C16H21N3/c1-2-7-12-8-3-5-10-14(12)19-15-11-6-4-9-13(15)16(17)18-19/h3,5,8,10H,2,4,6-7,9,11H2,1H3,(H2,17,18). The number of anilines is 1. The van der Waals surface area contributed by atoms with Crippen molar-refractivity contribution in [2.45, 2.75) is 45.4 Å². The Kier molecular flexibility index (Phi) is 3.28. The summed E-state index contributed by atoms with van der Waals surface area (Å²) in [5.41, 5.74) is 11.3. The first-order chi connectivity index (χ1) is 9.31. The van der Waals surface area contributed by atoms with Crippen molar-refractivity contribution in [1.29, 1.82) is 0 Å². The molecule has 1 aliphatic rings. The Morgan fingerprint density at radius 2 is 2.00 bits per heavy atom. The van der Waals surface area contributed by atoms with Crippen LogP contribution in [0.5, 0.6) is 0 Å². The summed E-state index contributed by atoms with van der Waals surface area (Å²) in [5, 5.41) is 4.60. The summed E-state index contributed by atoms with van der Waals surface area (Å²) in [7, 11) is 0. The minimum atomic E-state index is 0.723. The summed E-state index contributed by atoms with van der Waals surface area (Å²) in [6.45, 7) is 2.21. The topological polar surface area (TPSA) is 43.8 Å². The maximum Gasteiger partial charge on any atom is 0.149 e. The summed E-state index contributed by atoms with van der Waals surface area (Å²) in [5.74, 6) is 0.723. The molecule has 3 heteroatoms. The fourth-order valence-corrected chi connectivity index (χ4v) is 3.02. The maximum atomic E-state index is 6.09. The van der Waals surface area contributed by atoms with Crippen LogP contribution in [0.4, 0.5) is 5.82 Å². The van der Waals surface area contributed by atoms with Gasteiger partial charge in [0.15, 0.2) is 0 Å². The predicted molar refractivity (Wildman–Crippen MR) is 78.6 cm³/mol. The lowest BCUT2D eigenvalue weighted by Gasteiger charge is -2.16. The number of aromatic nitrogens is 2. The van der Waals surface area contributed by atoms with E-state index in [-0.39, 0.29) is 0 Å². The number of para-hydroxylation sites is 1. The number of aryl methyl sites for hydroxylation is 1. The molecule has 2 N–H and O–H groups in total. The quantitative estimate of drug-likeness (QED) is 0.914. The highest BCUT2D eigenvalue weighted by molar-refractivity contribution is 5.50. The van der Waals surface area contributed by atoms with Gasteiger partial charge in [-0.1, -0.05) is 31.5 Å². The van der Waals surface area contributed by atoms with Crippen LogP contribution >= 0.6 is 0 Å². The Morgan fingerprint density at radius 3 is 2.84 bits per heavy atom. The van der Waals surface area contributed by atoms with Gasteiger partial charge in [0.25, 0.3) is 0 Å². The lowest BCUT2D eigenvalue weighted by Crippen LogP contribution is -2.09. The molecule has 1 aromatic heterocycles. The third-order valence-electron chi connectivity index (χ3n) is 3.95. The van der Waals surface area contributed by atoms with Crippen molar-refractivity contribution in [2.75, 3.05) is 5.73 Å². The molecule has 1 aromatic carbocycles. The zero-order valence-corrected chi connectivity index (χ0v) is 11.5. The van der Waals surface area contributed by atoms with Gasteiger partial charge in [-0.2, -0.15) is 5.10 Å². The van der Waals surface area contributed by atoms with Crippen molar-refractivity contribution in [1.82, 2.24) is 9.78 Å². The zero-order chi connectivity index (χ0) is 13.2. The molecule has 0 radical (unpaired) electrons. The lowest BCUT2D eigenvalue weighted by molar-refractivity contribution is 0.651. The molecule has 1 heterocycles. The van der Waals surface area contributed by atoms with Crippen LogP contribution in [0, 0.1) is 0 Å². The minimum Gasteiger partial charge on any atom is -0.382 e. The molecule has 2 aromatic rings. The Bertz CT molecular complexity index is 584. The van der Waals surface area contributed by atoms with E-state index in [2.05, 4.69) is 41.0 Å². The van der Waals surface area contributed by atoms with Crippen LogP contribution in [0.2, 0.25) is 0 Å². The van der Waals surface area contributed by atoms with Crippen LogP contribution in [0.3, 0.4) is 0 Å². The summed E-state index contributed by atoms with van der Waals surface area (Å²) >= 11 is 0. The number of nitrogens with two attached hydrogens (primary N) is 1. The molecule has 0 unspecified atom stereocenters. The summed E-state index contributed by atoms with van der Waals surface area (Å²) in [6.07, 6.45) is 6.89. The number of fused-ring (bicyclic) bond motifs is 1. The molecule has 3 rings (SSSR count). The largest absolute Gasteiger partial charge is 0.382 e. The first-order valence-electron chi connectivity index (χ1n) is 7.25. The van der Waals surface area contributed by atoms with Gasteiger partial charge in [0.1, 0.15) is 5.82 Å². The second-order valence-electron chi connectivity index (χ2n) is 5.31. The molecule has 0 amide bonds. The molecule has 0 spiro atoms. The van der Waals surface area contributed by atoms with E-state index < -0.39 is 0 Å². The molecular weight excluding hydrogens is 234 g/mol. The van der Waals surface area contributed by atoms with E-state index in [9.17, 15) is 0 Å². The molecule has 100 valence electrons. The van der Waals surface area contributed by atoms with E-state index >= 15 is 0 Å². The van der Waals surface area contributed by atoms with Crippen LogP contribution in [-0.2, 0) is 19.3 Å². The molecule has 0 aliphatic heterocycles. The first-order valence-corrected chi connectivity index (χ1v) is 7.25. The molecule has 1 aliphatic carbocycles. The Balaban J connectivity index is 2.12. The maximum absolute atomic E-state index is 6.09. The van der Waals surface area contributed by atoms with Gasteiger partial charge >= 0.3 is 0 Å². The molecular formula is C16H21N3. The van der Waals surface area contributed by atoms with Crippen molar-refractivity contribution < 1.29 is 0 Å². The van der Waals surface area contributed by atoms with E-state index in [1.165, 1.54) is 35.3 Å². The van der Waals surface area contributed by atoms with Gasteiger partial charge in [-0.3, -0.25) is 0 Å². The van der Waals surface area contributed by atoms with Crippen LogP contribution in [0.1, 0.15) is 43.0 Å². The number of nitrogens with zero attached hydrogens (tertiary/aromatic N) is 2. The lowest BCUT2D eigenvalue weighted by atomic mass is 9.97. The number of benzene rings is 1. The zero-order valence-electron chi connectivity index (χ0n) is 11.5. The minimum absolute atomic E-state index is 0.723. The predicted octanol–water partition coefficient (Wildman–Crippen LogP) is 3.29. The van der Waals surface area contributed by atoms with Crippen molar-refractivity contribution in [3.63, 3.8) is 0 Å². The fraction of sp³-hybridized carbons (Fsp3) is 0.438. The monoisotopic (exact) mass is 255 g/mol. The number of rotatable bonds is 3. The molecule has 0 bridgehead atoms. The Labute approximate surface area is 114 Å². The molecule has 0 fully saturated rings. The fourth-order valence-electron chi connectivity index (χ4n) is 3.02. The van der Waals surface area contributed by atoms with Gasteiger partial charge in [-0.15, -0.1) is 0 Å². The SMILES string of the molecule is CCCc1ccccc1-n1nc(N)c2c1CCCC2. The number of hydrogen-bond acceptors (Lipinski definition) is 2. The third kappa shape index (κ3) is 2.14. The smallest absolute Gasteiger partial charge is 0.149 e. The normalized spacial score (nSPS) is 14.4. The van der Waals surface area contributed by atoms with Crippen molar-refractivity contribution in [3.05, 3.63) is 41.1 Å². The number of hydrogen-bond donors (Lipinski definition) is 1. The third-order valence-corrected chi connectivity index (χ3v) is 3.95.